The van der Waals surface area contributed by atoms with Crippen molar-refractivity contribution in [1.82, 2.24) is 10.2 Å². The lowest BCUT2D eigenvalue weighted by molar-refractivity contribution is -0.131. The van der Waals surface area contributed by atoms with Crippen LogP contribution >= 0.6 is 0 Å². The SMILES string of the molecule is C=C/C(C(=O)N1C2CCC1CC(c1ccc(F)cc1)C2)=C1\C(=C)CNC1=O. The van der Waals surface area contributed by atoms with Crippen LogP contribution in [-0.4, -0.2) is 35.3 Å². The molecule has 0 radical (unpaired) electrons. The van der Waals surface area contributed by atoms with Crippen LogP contribution in [-0.2, 0) is 9.59 Å². The Morgan fingerprint density at radius 3 is 2.33 bits per heavy atom. The Morgan fingerprint density at radius 1 is 1.19 bits per heavy atom. The molecule has 2 amide bonds. The highest BCUT2D eigenvalue weighted by molar-refractivity contribution is 6.11. The lowest BCUT2D eigenvalue weighted by Crippen LogP contribution is -2.46. The number of nitrogens with zero attached hydrogens (tertiary/aromatic N) is 1. The molecule has 3 aliphatic rings. The second-order valence-corrected chi connectivity index (χ2v) is 7.60. The number of carbonyl (C=O) groups is 2. The van der Waals surface area contributed by atoms with Crippen LogP contribution in [0.5, 0.6) is 0 Å². The minimum absolute atomic E-state index is 0.122. The van der Waals surface area contributed by atoms with Gasteiger partial charge in [-0.3, -0.25) is 9.59 Å². The van der Waals surface area contributed by atoms with Crippen molar-refractivity contribution in [1.29, 1.82) is 0 Å². The smallest absolute Gasteiger partial charge is 0.255 e. The molecule has 3 heterocycles. The Kier molecular flexibility index (Phi) is 4.46. The predicted molar refractivity (Wildman–Crippen MR) is 101 cm³/mol. The highest BCUT2D eigenvalue weighted by atomic mass is 19.1. The third kappa shape index (κ3) is 3.01. The maximum Gasteiger partial charge on any atom is 0.255 e. The van der Waals surface area contributed by atoms with Gasteiger partial charge in [-0.25, -0.2) is 4.39 Å². The fourth-order valence-corrected chi connectivity index (χ4v) is 4.79. The molecule has 140 valence electrons. The molecule has 1 aromatic rings. The minimum Gasteiger partial charge on any atom is -0.348 e. The van der Waals surface area contributed by atoms with Gasteiger partial charge >= 0.3 is 0 Å². The van der Waals surface area contributed by atoms with Gasteiger partial charge in [0.1, 0.15) is 5.82 Å². The summed E-state index contributed by atoms with van der Waals surface area (Å²) in [5, 5.41) is 2.72. The molecule has 3 saturated heterocycles. The van der Waals surface area contributed by atoms with Crippen molar-refractivity contribution >= 4 is 11.8 Å². The van der Waals surface area contributed by atoms with Crippen LogP contribution in [0.1, 0.15) is 37.2 Å². The molecule has 0 saturated carbocycles. The van der Waals surface area contributed by atoms with E-state index in [1.54, 1.807) is 0 Å². The first-order valence-electron chi connectivity index (χ1n) is 9.40. The largest absolute Gasteiger partial charge is 0.348 e. The first kappa shape index (κ1) is 17.7. The van der Waals surface area contributed by atoms with Crippen molar-refractivity contribution < 1.29 is 14.0 Å². The maximum absolute atomic E-state index is 13.3. The number of amides is 2. The second-order valence-electron chi connectivity index (χ2n) is 7.60. The fourth-order valence-electron chi connectivity index (χ4n) is 4.79. The number of benzene rings is 1. The molecule has 1 aromatic carbocycles. The van der Waals surface area contributed by atoms with Crippen molar-refractivity contribution in [2.75, 3.05) is 6.54 Å². The van der Waals surface area contributed by atoms with Crippen molar-refractivity contribution in [3.8, 4) is 0 Å². The average molecular weight is 366 g/mol. The van der Waals surface area contributed by atoms with E-state index in [0.717, 1.165) is 31.2 Å². The molecule has 0 aliphatic carbocycles. The number of carbonyl (C=O) groups excluding carboxylic acids is 2. The molecule has 1 N–H and O–H groups in total. The summed E-state index contributed by atoms with van der Waals surface area (Å²) in [4.78, 5) is 27.4. The first-order valence-corrected chi connectivity index (χ1v) is 9.40. The number of fused-ring (bicyclic) bond motifs is 2. The van der Waals surface area contributed by atoms with Crippen LogP contribution in [0.2, 0.25) is 0 Å². The lowest BCUT2D eigenvalue weighted by Gasteiger charge is -2.39. The van der Waals surface area contributed by atoms with E-state index in [9.17, 15) is 14.0 Å². The van der Waals surface area contributed by atoms with Gasteiger partial charge in [-0.05, 0) is 54.9 Å². The van der Waals surface area contributed by atoms with Crippen LogP contribution in [0, 0.1) is 5.82 Å². The second kappa shape index (κ2) is 6.80. The Bertz CT molecular complexity index is 824. The molecule has 3 aliphatic heterocycles. The number of hydrogen-bond acceptors (Lipinski definition) is 2. The number of hydrogen-bond donors (Lipinski definition) is 1. The average Bonchev–Trinajstić information content (AvgIpc) is 3.12. The predicted octanol–water partition coefficient (Wildman–Crippen LogP) is 3.23. The van der Waals surface area contributed by atoms with E-state index in [0.29, 0.717) is 29.2 Å². The standard InChI is InChI=1S/C22H23FN2O2/c1-3-19(20-13(2)12-24-21(20)26)22(27)25-17-8-9-18(25)11-15(10-17)14-4-6-16(23)7-5-14/h3-7,15,17-18H,1-2,8-12H2,(H,24,26)/b20-19-. The summed E-state index contributed by atoms with van der Waals surface area (Å²) in [5.41, 5.74) is 2.49. The quantitative estimate of drug-likeness (QED) is 0.835. The normalized spacial score (nSPS) is 28.9. The van der Waals surface area contributed by atoms with E-state index in [1.165, 1.54) is 18.2 Å². The Balaban J connectivity index is 1.59. The van der Waals surface area contributed by atoms with E-state index < -0.39 is 0 Å². The monoisotopic (exact) mass is 366 g/mol. The van der Waals surface area contributed by atoms with Crippen LogP contribution < -0.4 is 5.32 Å². The Labute approximate surface area is 158 Å². The Hall–Kier alpha value is -2.69. The van der Waals surface area contributed by atoms with Gasteiger partial charge < -0.3 is 10.2 Å². The molecule has 0 aromatic heterocycles. The van der Waals surface area contributed by atoms with Crippen molar-refractivity contribution in [2.45, 2.75) is 43.7 Å². The topological polar surface area (TPSA) is 49.4 Å². The third-order valence-electron chi connectivity index (χ3n) is 6.06. The van der Waals surface area contributed by atoms with Crippen molar-refractivity contribution in [3.63, 3.8) is 0 Å². The number of halogens is 1. The molecule has 27 heavy (non-hydrogen) atoms. The molecule has 2 unspecified atom stereocenters. The van der Waals surface area contributed by atoms with Crippen molar-refractivity contribution in [2.24, 2.45) is 0 Å². The van der Waals surface area contributed by atoms with E-state index >= 15 is 0 Å². The van der Waals surface area contributed by atoms with Gasteiger partial charge in [0, 0.05) is 18.6 Å². The summed E-state index contributed by atoms with van der Waals surface area (Å²) < 4.78 is 13.2. The van der Waals surface area contributed by atoms with Crippen LogP contribution in [0.4, 0.5) is 4.39 Å². The van der Waals surface area contributed by atoms with Gasteiger partial charge in [-0.15, -0.1) is 0 Å². The zero-order valence-corrected chi connectivity index (χ0v) is 15.2. The molecule has 3 fully saturated rings. The zero-order valence-electron chi connectivity index (χ0n) is 15.2. The summed E-state index contributed by atoms with van der Waals surface area (Å²) in [7, 11) is 0. The molecular weight excluding hydrogens is 343 g/mol. The van der Waals surface area contributed by atoms with E-state index in [2.05, 4.69) is 18.5 Å². The number of piperidine rings is 1. The molecule has 5 heteroatoms. The number of rotatable bonds is 3. The summed E-state index contributed by atoms with van der Waals surface area (Å²) >= 11 is 0. The van der Waals surface area contributed by atoms with Gasteiger partial charge in [0.2, 0.25) is 0 Å². The zero-order chi connectivity index (χ0) is 19.1. The summed E-state index contributed by atoms with van der Waals surface area (Å²) in [5.74, 6) is -0.275. The number of nitrogens with one attached hydrogen (secondary N) is 1. The summed E-state index contributed by atoms with van der Waals surface area (Å²) in [6.07, 6.45) is 5.13. The van der Waals surface area contributed by atoms with Crippen molar-refractivity contribution in [3.05, 3.63) is 71.6 Å². The molecule has 2 atom stereocenters. The maximum atomic E-state index is 13.3. The van der Waals surface area contributed by atoms with Gasteiger partial charge in [0.15, 0.2) is 0 Å². The molecular formula is C22H23FN2O2. The van der Waals surface area contributed by atoms with E-state index in [4.69, 9.17) is 0 Å². The molecule has 2 bridgehead atoms. The van der Waals surface area contributed by atoms with Crippen LogP contribution in [0.15, 0.2) is 60.2 Å². The van der Waals surface area contributed by atoms with E-state index in [1.807, 2.05) is 17.0 Å². The molecule has 4 rings (SSSR count). The van der Waals surface area contributed by atoms with Gasteiger partial charge in [0.25, 0.3) is 11.8 Å². The third-order valence-corrected chi connectivity index (χ3v) is 6.06. The highest BCUT2D eigenvalue weighted by Crippen LogP contribution is 2.44. The lowest BCUT2D eigenvalue weighted by atomic mass is 9.84. The first-order chi connectivity index (χ1) is 13.0. The van der Waals surface area contributed by atoms with E-state index in [-0.39, 0.29) is 29.7 Å². The highest BCUT2D eigenvalue weighted by Gasteiger charge is 2.44. The van der Waals surface area contributed by atoms with Gasteiger partial charge in [-0.1, -0.05) is 31.4 Å². The fraction of sp³-hybridized carbons (Fsp3) is 0.364. The summed E-state index contributed by atoms with van der Waals surface area (Å²) in [6, 6.07) is 6.97. The minimum atomic E-state index is -0.253. The molecule has 4 nitrogen and oxygen atoms in total. The van der Waals surface area contributed by atoms with Crippen LogP contribution in [0.3, 0.4) is 0 Å². The molecule has 0 spiro atoms. The van der Waals surface area contributed by atoms with Gasteiger partial charge in [-0.2, -0.15) is 0 Å². The Morgan fingerprint density at radius 2 is 1.81 bits per heavy atom. The summed E-state index contributed by atoms with van der Waals surface area (Å²) in [6.45, 7) is 8.05. The van der Waals surface area contributed by atoms with Gasteiger partial charge in [0.05, 0.1) is 11.1 Å². The van der Waals surface area contributed by atoms with Crippen LogP contribution in [0.25, 0.3) is 0 Å².